The van der Waals surface area contributed by atoms with Crippen molar-refractivity contribution in [3.63, 3.8) is 0 Å². The second-order valence-electron chi connectivity index (χ2n) is 3.54. The molecule has 2 rings (SSSR count). The monoisotopic (exact) mass is 305 g/mol. The molecule has 16 heavy (non-hydrogen) atoms. The lowest BCUT2D eigenvalue weighted by Gasteiger charge is -2.19. The van der Waals surface area contributed by atoms with E-state index in [-0.39, 0.29) is 6.23 Å². The summed E-state index contributed by atoms with van der Waals surface area (Å²) < 4.78 is 31.8. The van der Waals surface area contributed by atoms with Crippen molar-refractivity contribution in [1.29, 1.82) is 0 Å². The van der Waals surface area contributed by atoms with Crippen LogP contribution in [0, 0.1) is 0 Å². The van der Waals surface area contributed by atoms with Crippen molar-refractivity contribution in [2.75, 3.05) is 13.2 Å². The van der Waals surface area contributed by atoms with Crippen molar-refractivity contribution in [2.24, 2.45) is 0 Å². The van der Waals surface area contributed by atoms with E-state index in [0.717, 1.165) is 4.47 Å². The van der Waals surface area contributed by atoms with Gasteiger partial charge in [0.1, 0.15) is 6.23 Å². The maximum Gasteiger partial charge on any atom is 0.245 e. The Morgan fingerprint density at radius 1 is 1.38 bits per heavy atom. The highest BCUT2D eigenvalue weighted by molar-refractivity contribution is 9.10. The molecule has 1 aromatic rings. The van der Waals surface area contributed by atoms with E-state index in [1.165, 1.54) is 4.31 Å². The second kappa shape index (κ2) is 4.44. The molecule has 1 heterocycles. The van der Waals surface area contributed by atoms with Gasteiger partial charge in [-0.25, -0.2) is 8.42 Å². The molecular weight excluding hydrogens is 294 g/mol. The number of nitrogens with zero attached hydrogens (tertiary/aromatic N) is 1. The summed E-state index contributed by atoms with van der Waals surface area (Å²) in [5, 5.41) is 0. The maximum absolute atomic E-state index is 12.2. The SMILES string of the molecule is CC1OCCN1S(=O)(=O)c1ccc(Br)cc1. The van der Waals surface area contributed by atoms with E-state index in [0.29, 0.717) is 18.0 Å². The Morgan fingerprint density at radius 2 is 2.00 bits per heavy atom. The van der Waals surface area contributed by atoms with Gasteiger partial charge in [-0.2, -0.15) is 4.31 Å². The van der Waals surface area contributed by atoms with E-state index in [1.807, 2.05) is 0 Å². The van der Waals surface area contributed by atoms with E-state index in [9.17, 15) is 8.42 Å². The summed E-state index contributed by atoms with van der Waals surface area (Å²) in [4.78, 5) is 0.299. The van der Waals surface area contributed by atoms with Gasteiger partial charge in [0, 0.05) is 11.0 Å². The van der Waals surface area contributed by atoms with Crippen LogP contribution in [0.5, 0.6) is 0 Å². The van der Waals surface area contributed by atoms with Gasteiger partial charge >= 0.3 is 0 Å². The lowest BCUT2D eigenvalue weighted by atomic mass is 10.4. The van der Waals surface area contributed by atoms with Crippen LogP contribution in [0.2, 0.25) is 0 Å². The van der Waals surface area contributed by atoms with Crippen LogP contribution in [0.3, 0.4) is 0 Å². The first kappa shape index (κ1) is 12.0. The van der Waals surface area contributed by atoms with E-state index in [4.69, 9.17) is 4.74 Å². The zero-order chi connectivity index (χ0) is 11.8. The summed E-state index contributed by atoms with van der Waals surface area (Å²) >= 11 is 3.27. The van der Waals surface area contributed by atoms with E-state index >= 15 is 0 Å². The molecule has 0 N–H and O–H groups in total. The van der Waals surface area contributed by atoms with Gasteiger partial charge in [0.15, 0.2) is 0 Å². The molecule has 0 saturated carbocycles. The van der Waals surface area contributed by atoms with E-state index in [1.54, 1.807) is 31.2 Å². The molecule has 0 radical (unpaired) electrons. The second-order valence-corrected chi connectivity index (χ2v) is 6.35. The van der Waals surface area contributed by atoms with Crippen LogP contribution in [0.4, 0.5) is 0 Å². The molecule has 1 aliphatic heterocycles. The number of hydrogen-bond donors (Lipinski definition) is 0. The van der Waals surface area contributed by atoms with Crippen LogP contribution < -0.4 is 0 Å². The van der Waals surface area contributed by atoms with Crippen LogP contribution >= 0.6 is 15.9 Å². The molecule has 1 fully saturated rings. The summed E-state index contributed by atoms with van der Waals surface area (Å²) in [7, 11) is -3.42. The molecule has 1 unspecified atom stereocenters. The van der Waals surface area contributed by atoms with Crippen LogP contribution in [0.1, 0.15) is 6.92 Å². The fraction of sp³-hybridized carbons (Fsp3) is 0.400. The number of ether oxygens (including phenoxy) is 1. The van der Waals surface area contributed by atoms with E-state index < -0.39 is 10.0 Å². The number of benzene rings is 1. The molecule has 0 amide bonds. The molecular formula is C10H12BrNO3S. The predicted molar refractivity (Wildman–Crippen MR) is 63.4 cm³/mol. The molecule has 1 saturated heterocycles. The van der Waals surface area contributed by atoms with Gasteiger partial charge < -0.3 is 4.74 Å². The molecule has 0 aromatic heterocycles. The fourth-order valence-corrected chi connectivity index (χ4v) is 3.42. The minimum Gasteiger partial charge on any atom is -0.361 e. The summed E-state index contributed by atoms with van der Waals surface area (Å²) in [5.74, 6) is 0. The van der Waals surface area contributed by atoms with Crippen molar-refractivity contribution < 1.29 is 13.2 Å². The highest BCUT2D eigenvalue weighted by Gasteiger charge is 2.33. The average molecular weight is 306 g/mol. The Balaban J connectivity index is 2.35. The van der Waals surface area contributed by atoms with Gasteiger partial charge in [0.25, 0.3) is 0 Å². The van der Waals surface area contributed by atoms with Gasteiger partial charge in [-0.15, -0.1) is 0 Å². The van der Waals surface area contributed by atoms with Crippen LogP contribution in [-0.4, -0.2) is 32.1 Å². The van der Waals surface area contributed by atoms with Gasteiger partial charge in [-0.05, 0) is 31.2 Å². The van der Waals surface area contributed by atoms with Crippen molar-refractivity contribution >= 4 is 26.0 Å². The number of hydrogen-bond acceptors (Lipinski definition) is 3. The molecule has 1 atom stereocenters. The molecule has 4 nitrogen and oxygen atoms in total. The third kappa shape index (κ3) is 2.15. The van der Waals surface area contributed by atoms with Gasteiger partial charge in [0.05, 0.1) is 11.5 Å². The first-order chi connectivity index (χ1) is 7.51. The number of sulfonamides is 1. The number of halogens is 1. The summed E-state index contributed by atoms with van der Waals surface area (Å²) in [6.07, 6.45) is -0.381. The first-order valence-corrected chi connectivity index (χ1v) is 7.14. The molecule has 1 aliphatic rings. The van der Waals surface area contributed by atoms with Crippen LogP contribution in [0.15, 0.2) is 33.6 Å². The topological polar surface area (TPSA) is 46.6 Å². The quantitative estimate of drug-likeness (QED) is 0.837. The Kier molecular flexibility index (Phi) is 3.34. The molecule has 88 valence electrons. The Hall–Kier alpha value is -0.430. The highest BCUT2D eigenvalue weighted by Crippen LogP contribution is 2.23. The van der Waals surface area contributed by atoms with Crippen LogP contribution in [0.25, 0.3) is 0 Å². The molecule has 0 spiro atoms. The standard InChI is InChI=1S/C10H12BrNO3S/c1-8-12(6-7-15-8)16(13,14)10-4-2-9(11)3-5-10/h2-5,8H,6-7H2,1H3. The lowest BCUT2D eigenvalue weighted by molar-refractivity contribution is 0.0846. The summed E-state index contributed by atoms with van der Waals surface area (Å²) in [5.41, 5.74) is 0. The van der Waals surface area contributed by atoms with Gasteiger partial charge in [-0.1, -0.05) is 15.9 Å². The van der Waals surface area contributed by atoms with Crippen molar-refractivity contribution in [3.05, 3.63) is 28.7 Å². The lowest BCUT2D eigenvalue weighted by Crippen LogP contribution is -2.34. The Morgan fingerprint density at radius 3 is 2.50 bits per heavy atom. The first-order valence-electron chi connectivity index (χ1n) is 4.91. The van der Waals surface area contributed by atoms with Crippen molar-refractivity contribution in [1.82, 2.24) is 4.31 Å². The molecule has 1 aromatic carbocycles. The van der Waals surface area contributed by atoms with Crippen molar-refractivity contribution in [3.8, 4) is 0 Å². The van der Waals surface area contributed by atoms with Crippen molar-refractivity contribution in [2.45, 2.75) is 18.0 Å². The van der Waals surface area contributed by atoms with Gasteiger partial charge in [0.2, 0.25) is 10.0 Å². The average Bonchev–Trinajstić information content (AvgIpc) is 2.66. The highest BCUT2D eigenvalue weighted by atomic mass is 79.9. The summed E-state index contributed by atoms with van der Waals surface area (Å²) in [6, 6.07) is 6.61. The maximum atomic E-state index is 12.2. The third-order valence-electron chi connectivity index (χ3n) is 2.50. The minimum absolute atomic E-state index is 0.299. The third-order valence-corrected chi connectivity index (χ3v) is 4.99. The molecule has 0 bridgehead atoms. The number of rotatable bonds is 2. The largest absolute Gasteiger partial charge is 0.361 e. The molecule has 0 aliphatic carbocycles. The smallest absolute Gasteiger partial charge is 0.245 e. The minimum atomic E-state index is -3.42. The molecule has 6 heteroatoms. The predicted octanol–water partition coefficient (Wildman–Crippen LogP) is 1.82. The Bertz CT molecular complexity index is 471. The Labute approximate surface area is 103 Å². The van der Waals surface area contributed by atoms with Crippen LogP contribution in [-0.2, 0) is 14.8 Å². The normalized spacial score (nSPS) is 22.5. The zero-order valence-electron chi connectivity index (χ0n) is 8.76. The fourth-order valence-electron chi connectivity index (χ4n) is 1.64. The van der Waals surface area contributed by atoms with E-state index in [2.05, 4.69) is 15.9 Å². The van der Waals surface area contributed by atoms with Gasteiger partial charge in [-0.3, -0.25) is 0 Å². The summed E-state index contributed by atoms with van der Waals surface area (Å²) in [6.45, 7) is 2.61. The zero-order valence-corrected chi connectivity index (χ0v) is 11.2.